The first-order valence-electron chi connectivity index (χ1n) is 5.63. The van der Waals surface area contributed by atoms with Crippen molar-refractivity contribution < 1.29 is 4.58 Å². The van der Waals surface area contributed by atoms with E-state index in [4.69, 9.17) is 12.8 Å². The molecule has 0 saturated carbocycles. The van der Waals surface area contributed by atoms with Crippen molar-refractivity contribution in [2.45, 2.75) is 6.92 Å². The van der Waals surface area contributed by atoms with Crippen LogP contribution in [0.5, 0.6) is 0 Å². The fourth-order valence-corrected chi connectivity index (χ4v) is 1.35. The molecule has 0 spiro atoms. The molecular formula is C13H22N5+. The van der Waals surface area contributed by atoms with Gasteiger partial charge in [0, 0.05) is 25.7 Å². The monoisotopic (exact) mass is 248 g/mol. The van der Waals surface area contributed by atoms with Gasteiger partial charge in [0.2, 0.25) is 0 Å². The molecular weight excluding hydrogens is 226 g/mol. The molecule has 5 heteroatoms. The molecule has 0 rings (SSSR count). The Hall–Kier alpha value is -2.14. The van der Waals surface area contributed by atoms with Crippen LogP contribution in [0, 0.1) is 24.9 Å². The number of rotatable bonds is 1. The van der Waals surface area contributed by atoms with Gasteiger partial charge >= 0.3 is 11.9 Å². The molecule has 5 nitrogen and oxygen atoms in total. The van der Waals surface area contributed by atoms with Crippen molar-refractivity contribution in [2.75, 3.05) is 41.8 Å². The van der Waals surface area contributed by atoms with Gasteiger partial charge in [0.1, 0.15) is 0 Å². The van der Waals surface area contributed by atoms with Crippen molar-refractivity contribution in [3.63, 3.8) is 0 Å². The van der Waals surface area contributed by atoms with E-state index >= 15 is 0 Å². The third-order valence-electron chi connectivity index (χ3n) is 2.21. The fourth-order valence-electron chi connectivity index (χ4n) is 1.35. The van der Waals surface area contributed by atoms with Crippen LogP contribution in [-0.2, 0) is 0 Å². The van der Waals surface area contributed by atoms with E-state index in [9.17, 15) is 0 Å². The first-order chi connectivity index (χ1) is 8.38. The molecule has 0 aliphatic carbocycles. The van der Waals surface area contributed by atoms with E-state index in [1.54, 1.807) is 16.8 Å². The third-order valence-corrected chi connectivity index (χ3v) is 2.21. The van der Waals surface area contributed by atoms with Gasteiger partial charge in [-0.15, -0.1) is 0 Å². The zero-order chi connectivity index (χ0) is 14.3. The molecule has 0 aromatic rings. The zero-order valence-corrected chi connectivity index (χ0v) is 12.1. The molecule has 0 N–H and O–H groups in total. The molecule has 0 aliphatic rings. The summed E-state index contributed by atoms with van der Waals surface area (Å²) >= 11 is 0. The predicted octanol–water partition coefficient (Wildman–Crippen LogP) is -0.0328. The summed E-state index contributed by atoms with van der Waals surface area (Å²) in [6.45, 7) is 2.58. The Labute approximate surface area is 110 Å². The molecule has 18 heavy (non-hydrogen) atoms. The average molecular weight is 248 g/mol. The van der Waals surface area contributed by atoms with Gasteiger partial charge < -0.3 is 0 Å². The lowest BCUT2D eigenvalue weighted by Crippen LogP contribution is -2.40. The van der Waals surface area contributed by atoms with Crippen LogP contribution in [0.4, 0.5) is 0 Å². The fraction of sp³-hybridized carbons (Fsp3) is 0.538. The molecule has 0 bridgehead atoms. The van der Waals surface area contributed by atoms with Crippen LogP contribution in [0.3, 0.4) is 0 Å². The maximum absolute atomic E-state index is 5.47. The molecule has 0 saturated heterocycles. The van der Waals surface area contributed by atoms with Gasteiger partial charge in [0.05, 0.1) is 28.2 Å². The molecule has 98 valence electrons. The Morgan fingerprint density at radius 1 is 1.17 bits per heavy atom. The van der Waals surface area contributed by atoms with Gasteiger partial charge in [-0.3, -0.25) is 19.3 Å². The number of nitrogens with zero attached hydrogens (tertiary/aromatic N) is 5. The summed E-state index contributed by atoms with van der Waals surface area (Å²) in [6, 6.07) is 5.08. The molecule has 0 amide bonds. The minimum absolute atomic E-state index is 0.555. The Bertz CT molecular complexity index is 416. The highest BCUT2D eigenvalue weighted by Crippen LogP contribution is 1.97. The summed E-state index contributed by atoms with van der Waals surface area (Å²) in [7, 11) is 9.41. The van der Waals surface area contributed by atoms with E-state index in [2.05, 4.69) is 17.1 Å². The molecule has 0 atom stereocenters. The van der Waals surface area contributed by atoms with Gasteiger partial charge in [-0.25, -0.2) is 0 Å². The molecule has 0 aromatic heterocycles. The third kappa shape index (κ3) is 4.03. The van der Waals surface area contributed by atoms with E-state index in [1.807, 2.05) is 44.6 Å². The maximum atomic E-state index is 5.47. The number of terminal acetylenes is 2. The lowest BCUT2D eigenvalue weighted by atomic mass is 10.5. The summed E-state index contributed by atoms with van der Waals surface area (Å²) in [5.41, 5.74) is 0. The number of guanidine groups is 2. The van der Waals surface area contributed by atoms with Crippen molar-refractivity contribution in [1.82, 2.24) is 14.7 Å². The second kappa shape index (κ2) is 7.24. The highest BCUT2D eigenvalue weighted by atomic mass is 15.4. The molecule has 0 heterocycles. The first-order valence-corrected chi connectivity index (χ1v) is 5.63. The molecule has 0 fully saturated rings. The van der Waals surface area contributed by atoms with E-state index in [1.165, 1.54) is 0 Å². The van der Waals surface area contributed by atoms with E-state index < -0.39 is 0 Å². The first kappa shape index (κ1) is 15.9. The van der Waals surface area contributed by atoms with Crippen LogP contribution in [0.2, 0.25) is 0 Å². The Morgan fingerprint density at radius 3 is 2.00 bits per heavy atom. The van der Waals surface area contributed by atoms with Gasteiger partial charge in [-0.05, 0) is 11.9 Å². The normalized spacial score (nSPS) is 10.1. The summed E-state index contributed by atoms with van der Waals surface area (Å²) < 4.78 is 1.90. The highest BCUT2D eigenvalue weighted by Gasteiger charge is 2.20. The van der Waals surface area contributed by atoms with E-state index in [0.717, 1.165) is 5.96 Å². The van der Waals surface area contributed by atoms with Gasteiger partial charge in [-0.1, -0.05) is 12.8 Å². The van der Waals surface area contributed by atoms with Crippen LogP contribution in [-0.4, -0.2) is 73.0 Å². The largest absolute Gasteiger partial charge is 0.392 e. The Kier molecular flexibility index (Phi) is 6.38. The van der Waals surface area contributed by atoms with E-state index in [-0.39, 0.29) is 0 Å². The van der Waals surface area contributed by atoms with Crippen LogP contribution < -0.4 is 0 Å². The Balaban J connectivity index is 5.67. The van der Waals surface area contributed by atoms with Crippen molar-refractivity contribution in [2.24, 2.45) is 4.99 Å². The predicted molar refractivity (Wildman–Crippen MR) is 76.0 cm³/mol. The summed E-state index contributed by atoms with van der Waals surface area (Å²) in [6.07, 6.45) is 10.9. The van der Waals surface area contributed by atoms with Crippen LogP contribution in [0.1, 0.15) is 6.92 Å². The summed E-state index contributed by atoms with van der Waals surface area (Å²) in [5, 5.41) is 0. The van der Waals surface area contributed by atoms with Crippen molar-refractivity contribution >= 4 is 11.9 Å². The molecule has 0 unspecified atom stereocenters. The van der Waals surface area contributed by atoms with Crippen molar-refractivity contribution in [3.8, 4) is 24.9 Å². The molecule has 0 aromatic carbocycles. The van der Waals surface area contributed by atoms with Crippen LogP contribution in [0.25, 0.3) is 0 Å². The minimum atomic E-state index is 0.555. The topological polar surface area (TPSA) is 25.1 Å². The summed E-state index contributed by atoms with van der Waals surface area (Å²) in [4.78, 5) is 9.66. The molecule has 0 aliphatic heterocycles. The second-order valence-electron chi connectivity index (χ2n) is 4.06. The minimum Gasteiger partial charge on any atom is -0.267 e. The zero-order valence-electron chi connectivity index (χ0n) is 12.1. The highest BCUT2D eigenvalue weighted by molar-refractivity contribution is 5.94. The van der Waals surface area contributed by atoms with Crippen LogP contribution >= 0.6 is 0 Å². The lowest BCUT2D eigenvalue weighted by molar-refractivity contribution is -0.470. The summed E-state index contributed by atoms with van der Waals surface area (Å²) in [5.74, 6) is 1.32. The maximum Gasteiger partial charge on any atom is 0.392 e. The quantitative estimate of drug-likeness (QED) is 0.214. The average Bonchev–Trinajstić information content (AvgIpc) is 2.32. The van der Waals surface area contributed by atoms with Crippen molar-refractivity contribution in [3.05, 3.63) is 0 Å². The smallest absolute Gasteiger partial charge is 0.267 e. The van der Waals surface area contributed by atoms with Crippen LogP contribution in [0.15, 0.2) is 4.99 Å². The number of hydrogen-bond acceptors (Lipinski definition) is 0. The van der Waals surface area contributed by atoms with Gasteiger partial charge in [-0.2, -0.15) is 0 Å². The number of hydrogen-bond donors (Lipinski definition) is 0. The Morgan fingerprint density at radius 2 is 1.72 bits per heavy atom. The van der Waals surface area contributed by atoms with Gasteiger partial charge in [0.25, 0.3) is 0 Å². The van der Waals surface area contributed by atoms with Gasteiger partial charge in [0.15, 0.2) is 0 Å². The second-order valence-corrected chi connectivity index (χ2v) is 4.06. The number of aliphatic imine (C=N–C) groups is 1. The lowest BCUT2D eigenvalue weighted by Gasteiger charge is -2.20. The SMILES string of the molecule is C#CN(C)C(=NC(N(C)C)=[N+](C)C)N(C#C)CC. The van der Waals surface area contributed by atoms with E-state index in [0.29, 0.717) is 12.5 Å². The van der Waals surface area contributed by atoms with Crippen molar-refractivity contribution in [1.29, 1.82) is 0 Å². The molecule has 0 radical (unpaired) electrons. The standard InChI is InChI=1S/C13H22N5/c1-9-17(8)13(18(10-2)11-3)14-12(15(4)5)16(6)7/h1-2H,11H2,3-8H3/q+1.